The highest BCUT2D eigenvalue weighted by molar-refractivity contribution is 5.94. The smallest absolute Gasteiger partial charge is 0.416 e. The van der Waals surface area contributed by atoms with Crippen LogP contribution in [0.2, 0.25) is 0 Å². The van der Waals surface area contributed by atoms with Crippen molar-refractivity contribution < 1.29 is 27.4 Å². The van der Waals surface area contributed by atoms with Gasteiger partial charge < -0.3 is 14.8 Å². The highest BCUT2D eigenvalue weighted by atomic mass is 19.4. The van der Waals surface area contributed by atoms with E-state index in [0.29, 0.717) is 28.7 Å². The number of nitrogens with zero attached hydrogens (tertiary/aromatic N) is 2. The molecule has 1 atom stereocenters. The van der Waals surface area contributed by atoms with E-state index in [2.05, 4.69) is 10.3 Å². The van der Waals surface area contributed by atoms with Gasteiger partial charge in [0.1, 0.15) is 23.6 Å². The predicted octanol–water partition coefficient (Wildman–Crippen LogP) is 4.38. The highest BCUT2D eigenvalue weighted by Crippen LogP contribution is 2.42. The Morgan fingerprint density at radius 1 is 1.10 bits per heavy atom. The van der Waals surface area contributed by atoms with E-state index in [-0.39, 0.29) is 12.3 Å². The maximum Gasteiger partial charge on any atom is 0.416 e. The van der Waals surface area contributed by atoms with Gasteiger partial charge in [0.05, 0.1) is 25.5 Å². The van der Waals surface area contributed by atoms with Crippen LogP contribution < -0.4 is 14.8 Å². The number of nitrogens with one attached hydrogen (secondary N) is 1. The normalized spacial score (nSPS) is 16.0. The summed E-state index contributed by atoms with van der Waals surface area (Å²) in [5.41, 5.74) is 1.05. The standard InChI is InChI=1S/C21H18F3N3O3/c1-29-14-7-8-17(30-2)15(9-14)16-10-18(28)26-20-19(16)25-11-27(20)13-5-3-12(4-6-13)21(22,23)24/h3-9,11,16H,10H2,1-2H3,(H,26,28)/t16-/m0/s1. The van der Waals surface area contributed by atoms with E-state index >= 15 is 0 Å². The van der Waals surface area contributed by atoms with Crippen LogP contribution in [0.5, 0.6) is 11.5 Å². The molecule has 0 saturated heterocycles. The van der Waals surface area contributed by atoms with Crippen molar-refractivity contribution in [3.8, 4) is 17.2 Å². The summed E-state index contributed by atoms with van der Waals surface area (Å²) in [5.74, 6) is 0.993. The van der Waals surface area contributed by atoms with E-state index in [0.717, 1.165) is 17.7 Å². The third kappa shape index (κ3) is 3.47. The van der Waals surface area contributed by atoms with Crippen LogP contribution in [0.4, 0.5) is 19.0 Å². The summed E-state index contributed by atoms with van der Waals surface area (Å²) in [6, 6.07) is 9.98. The number of carbonyl (C=O) groups excluding carboxylic acids is 1. The molecular formula is C21H18F3N3O3. The zero-order chi connectivity index (χ0) is 21.5. The van der Waals surface area contributed by atoms with Gasteiger partial charge in [-0.3, -0.25) is 9.36 Å². The molecule has 3 aromatic rings. The number of hydrogen-bond acceptors (Lipinski definition) is 4. The van der Waals surface area contributed by atoms with Gasteiger partial charge in [0.2, 0.25) is 5.91 Å². The predicted molar refractivity (Wildman–Crippen MR) is 103 cm³/mol. The number of carbonyl (C=O) groups is 1. The molecule has 0 unspecified atom stereocenters. The lowest BCUT2D eigenvalue weighted by Gasteiger charge is -2.25. The average molecular weight is 417 g/mol. The molecule has 1 aromatic heterocycles. The number of alkyl halides is 3. The van der Waals surface area contributed by atoms with Gasteiger partial charge in [0.15, 0.2) is 0 Å². The Morgan fingerprint density at radius 3 is 2.47 bits per heavy atom. The van der Waals surface area contributed by atoms with Crippen LogP contribution in [0.25, 0.3) is 5.69 Å². The highest BCUT2D eigenvalue weighted by Gasteiger charge is 2.34. The van der Waals surface area contributed by atoms with Crippen LogP contribution in [0.3, 0.4) is 0 Å². The monoisotopic (exact) mass is 417 g/mol. The third-order valence-electron chi connectivity index (χ3n) is 5.06. The molecule has 1 N–H and O–H groups in total. The molecule has 6 nitrogen and oxygen atoms in total. The summed E-state index contributed by atoms with van der Waals surface area (Å²) in [5, 5.41) is 2.78. The zero-order valence-corrected chi connectivity index (χ0v) is 16.2. The summed E-state index contributed by atoms with van der Waals surface area (Å²) < 4.78 is 50.9. The Balaban J connectivity index is 1.78. The van der Waals surface area contributed by atoms with Crippen LogP contribution >= 0.6 is 0 Å². The number of methoxy groups -OCH3 is 2. The number of benzene rings is 2. The molecule has 0 saturated carbocycles. The molecule has 0 aliphatic carbocycles. The maximum atomic E-state index is 12.9. The summed E-state index contributed by atoms with van der Waals surface area (Å²) in [6.07, 6.45) is -2.78. The Labute approximate surface area is 170 Å². The average Bonchev–Trinajstić information content (AvgIpc) is 3.15. The number of imidazole rings is 1. The molecule has 0 spiro atoms. The second-order valence-electron chi connectivity index (χ2n) is 6.81. The zero-order valence-electron chi connectivity index (χ0n) is 16.2. The SMILES string of the molecule is COc1ccc(OC)c([C@@H]2CC(=O)Nc3c2ncn3-c2ccc(C(F)(F)F)cc2)c1. The first-order chi connectivity index (χ1) is 14.3. The number of halogens is 3. The van der Waals surface area contributed by atoms with Gasteiger partial charge >= 0.3 is 6.18 Å². The van der Waals surface area contributed by atoms with Crippen LogP contribution in [0.1, 0.15) is 29.2 Å². The number of amides is 1. The van der Waals surface area contributed by atoms with Crippen molar-refractivity contribution in [2.75, 3.05) is 19.5 Å². The fraction of sp³-hybridized carbons (Fsp3) is 0.238. The fourth-order valence-electron chi connectivity index (χ4n) is 3.58. The van der Waals surface area contributed by atoms with Crippen LogP contribution in [-0.4, -0.2) is 29.7 Å². The van der Waals surface area contributed by atoms with E-state index in [1.54, 1.807) is 29.9 Å². The second-order valence-corrected chi connectivity index (χ2v) is 6.81. The van der Waals surface area contributed by atoms with Crippen LogP contribution in [0.15, 0.2) is 48.8 Å². The topological polar surface area (TPSA) is 65.4 Å². The molecular weight excluding hydrogens is 399 g/mol. The summed E-state index contributed by atoms with van der Waals surface area (Å²) in [7, 11) is 3.08. The lowest BCUT2D eigenvalue weighted by molar-refractivity contribution is -0.137. The molecule has 2 aromatic carbocycles. The molecule has 9 heteroatoms. The Bertz CT molecular complexity index is 1090. The van der Waals surface area contributed by atoms with Gasteiger partial charge in [0, 0.05) is 23.6 Å². The van der Waals surface area contributed by atoms with Crippen LogP contribution in [-0.2, 0) is 11.0 Å². The number of hydrogen-bond donors (Lipinski definition) is 1. The van der Waals surface area contributed by atoms with Crippen molar-refractivity contribution in [3.05, 3.63) is 65.6 Å². The van der Waals surface area contributed by atoms with Gasteiger partial charge in [-0.2, -0.15) is 13.2 Å². The summed E-state index contributed by atoms with van der Waals surface area (Å²) in [4.78, 5) is 16.9. The maximum absolute atomic E-state index is 12.9. The van der Waals surface area contributed by atoms with E-state index < -0.39 is 17.7 Å². The molecule has 0 fully saturated rings. The number of rotatable bonds is 4. The molecule has 0 bridgehead atoms. The molecule has 1 amide bonds. The van der Waals surface area contributed by atoms with Crippen molar-refractivity contribution in [2.45, 2.75) is 18.5 Å². The number of aromatic nitrogens is 2. The van der Waals surface area contributed by atoms with Crippen molar-refractivity contribution in [1.29, 1.82) is 0 Å². The summed E-state index contributed by atoms with van der Waals surface area (Å²) in [6.45, 7) is 0. The van der Waals surface area contributed by atoms with Gasteiger partial charge in [0.25, 0.3) is 0 Å². The van der Waals surface area contributed by atoms with E-state index in [1.807, 2.05) is 0 Å². The Kier molecular flexibility index (Phi) is 4.89. The van der Waals surface area contributed by atoms with Crippen molar-refractivity contribution in [1.82, 2.24) is 9.55 Å². The first-order valence-electron chi connectivity index (χ1n) is 9.08. The Hall–Kier alpha value is -3.49. The number of anilines is 1. The minimum Gasteiger partial charge on any atom is -0.497 e. The minimum absolute atomic E-state index is 0.153. The lowest BCUT2D eigenvalue weighted by atomic mass is 9.89. The quantitative estimate of drug-likeness (QED) is 0.684. The van der Waals surface area contributed by atoms with E-state index in [4.69, 9.17) is 9.47 Å². The largest absolute Gasteiger partial charge is 0.497 e. The molecule has 30 heavy (non-hydrogen) atoms. The minimum atomic E-state index is -4.42. The molecule has 0 radical (unpaired) electrons. The molecule has 156 valence electrons. The van der Waals surface area contributed by atoms with E-state index in [1.165, 1.54) is 25.6 Å². The number of fused-ring (bicyclic) bond motifs is 1. The lowest BCUT2D eigenvalue weighted by Crippen LogP contribution is -2.25. The first kappa shape index (κ1) is 19.8. The van der Waals surface area contributed by atoms with Crippen molar-refractivity contribution >= 4 is 11.7 Å². The fourth-order valence-corrected chi connectivity index (χ4v) is 3.58. The Morgan fingerprint density at radius 2 is 1.83 bits per heavy atom. The molecule has 1 aliphatic heterocycles. The second kappa shape index (κ2) is 7.40. The van der Waals surface area contributed by atoms with Gasteiger partial charge in [-0.05, 0) is 42.5 Å². The summed E-state index contributed by atoms with van der Waals surface area (Å²) >= 11 is 0. The van der Waals surface area contributed by atoms with Crippen LogP contribution in [0, 0.1) is 0 Å². The van der Waals surface area contributed by atoms with Gasteiger partial charge in [-0.1, -0.05) is 0 Å². The third-order valence-corrected chi connectivity index (χ3v) is 5.06. The first-order valence-corrected chi connectivity index (χ1v) is 9.08. The molecule has 2 heterocycles. The number of ether oxygens (including phenoxy) is 2. The van der Waals surface area contributed by atoms with E-state index in [9.17, 15) is 18.0 Å². The van der Waals surface area contributed by atoms with Crippen molar-refractivity contribution in [3.63, 3.8) is 0 Å². The molecule has 1 aliphatic rings. The van der Waals surface area contributed by atoms with Gasteiger partial charge in [-0.15, -0.1) is 0 Å². The van der Waals surface area contributed by atoms with Gasteiger partial charge in [-0.25, -0.2) is 4.98 Å². The molecule has 4 rings (SSSR count). The van der Waals surface area contributed by atoms with Crippen molar-refractivity contribution in [2.24, 2.45) is 0 Å².